The summed E-state index contributed by atoms with van der Waals surface area (Å²) < 4.78 is 0. The SMILES string of the molecule is CC(C)c1ccc(CNC2CCc3cccnc32)cc1. The fourth-order valence-corrected chi connectivity index (χ4v) is 2.87. The topological polar surface area (TPSA) is 24.9 Å². The Bertz CT molecular complexity index is 572. The Morgan fingerprint density at radius 3 is 2.75 bits per heavy atom. The Balaban J connectivity index is 1.63. The summed E-state index contributed by atoms with van der Waals surface area (Å²) in [5, 5.41) is 3.64. The summed E-state index contributed by atoms with van der Waals surface area (Å²) in [6, 6.07) is 13.6. The molecule has 1 unspecified atom stereocenters. The molecule has 0 radical (unpaired) electrons. The number of fused-ring (bicyclic) bond motifs is 1. The molecule has 1 heterocycles. The van der Waals surface area contributed by atoms with E-state index in [9.17, 15) is 0 Å². The molecule has 0 bridgehead atoms. The summed E-state index contributed by atoms with van der Waals surface area (Å²) in [6.07, 6.45) is 4.21. The van der Waals surface area contributed by atoms with Gasteiger partial charge in [0.25, 0.3) is 0 Å². The summed E-state index contributed by atoms with van der Waals surface area (Å²) in [7, 11) is 0. The Labute approximate surface area is 121 Å². The third-order valence-corrected chi connectivity index (χ3v) is 4.16. The molecule has 2 nitrogen and oxygen atoms in total. The number of aryl methyl sites for hydroxylation is 1. The van der Waals surface area contributed by atoms with Gasteiger partial charge in [-0.2, -0.15) is 0 Å². The van der Waals surface area contributed by atoms with Crippen LogP contribution in [0.3, 0.4) is 0 Å². The number of hydrogen-bond acceptors (Lipinski definition) is 2. The largest absolute Gasteiger partial charge is 0.304 e. The van der Waals surface area contributed by atoms with E-state index in [2.05, 4.69) is 54.5 Å². The second-order valence-electron chi connectivity index (χ2n) is 5.92. The van der Waals surface area contributed by atoms with Gasteiger partial charge in [-0.1, -0.05) is 44.2 Å². The molecule has 1 aliphatic rings. The van der Waals surface area contributed by atoms with Gasteiger partial charge < -0.3 is 5.32 Å². The van der Waals surface area contributed by atoms with E-state index in [0.717, 1.165) is 19.4 Å². The summed E-state index contributed by atoms with van der Waals surface area (Å²) in [6.45, 7) is 5.38. The Morgan fingerprint density at radius 2 is 2.00 bits per heavy atom. The van der Waals surface area contributed by atoms with Crippen molar-refractivity contribution in [1.82, 2.24) is 10.3 Å². The standard InChI is InChI=1S/C18H22N2/c1-13(2)15-7-5-14(6-8-15)12-20-17-10-9-16-4-3-11-19-18(16)17/h3-8,11,13,17,20H,9-10,12H2,1-2H3. The van der Waals surface area contributed by atoms with Crippen LogP contribution in [-0.2, 0) is 13.0 Å². The molecule has 1 aliphatic carbocycles. The zero-order chi connectivity index (χ0) is 13.9. The summed E-state index contributed by atoms with van der Waals surface area (Å²) in [4.78, 5) is 4.53. The summed E-state index contributed by atoms with van der Waals surface area (Å²) in [5.41, 5.74) is 5.40. The lowest BCUT2D eigenvalue weighted by atomic mass is 10.0. The maximum atomic E-state index is 4.53. The number of nitrogens with zero attached hydrogens (tertiary/aromatic N) is 1. The minimum absolute atomic E-state index is 0.413. The van der Waals surface area contributed by atoms with Crippen LogP contribution in [-0.4, -0.2) is 4.98 Å². The van der Waals surface area contributed by atoms with Gasteiger partial charge in [0.2, 0.25) is 0 Å². The fraction of sp³-hybridized carbons (Fsp3) is 0.389. The molecule has 3 rings (SSSR count). The summed E-state index contributed by atoms with van der Waals surface area (Å²) >= 11 is 0. The van der Waals surface area contributed by atoms with Crippen LogP contribution in [0.1, 0.15) is 54.6 Å². The molecule has 0 fully saturated rings. The van der Waals surface area contributed by atoms with Gasteiger partial charge in [-0.25, -0.2) is 0 Å². The van der Waals surface area contributed by atoms with Crippen molar-refractivity contribution in [3.8, 4) is 0 Å². The van der Waals surface area contributed by atoms with Crippen LogP contribution in [0.25, 0.3) is 0 Å². The Kier molecular flexibility index (Phi) is 3.83. The van der Waals surface area contributed by atoms with Gasteiger partial charge in [-0.15, -0.1) is 0 Å². The number of aromatic nitrogens is 1. The van der Waals surface area contributed by atoms with Gasteiger partial charge in [0, 0.05) is 12.7 Å². The molecule has 1 N–H and O–H groups in total. The quantitative estimate of drug-likeness (QED) is 0.905. The molecule has 0 saturated heterocycles. The first-order chi connectivity index (χ1) is 9.74. The highest BCUT2D eigenvalue weighted by Gasteiger charge is 2.22. The molecule has 0 amide bonds. The van der Waals surface area contributed by atoms with Crippen LogP contribution in [0, 0.1) is 0 Å². The zero-order valence-electron chi connectivity index (χ0n) is 12.3. The molecule has 2 heteroatoms. The second-order valence-corrected chi connectivity index (χ2v) is 5.92. The molecule has 20 heavy (non-hydrogen) atoms. The summed E-state index contributed by atoms with van der Waals surface area (Å²) in [5.74, 6) is 0.600. The van der Waals surface area contributed by atoms with Gasteiger partial charge in [-0.3, -0.25) is 4.98 Å². The molecule has 104 valence electrons. The minimum Gasteiger partial charge on any atom is -0.304 e. The van der Waals surface area contributed by atoms with Gasteiger partial charge >= 0.3 is 0 Å². The predicted octanol–water partition coefficient (Wildman–Crippen LogP) is 3.98. The van der Waals surface area contributed by atoms with Crippen molar-refractivity contribution in [1.29, 1.82) is 0 Å². The van der Waals surface area contributed by atoms with E-state index in [1.165, 1.54) is 22.4 Å². The van der Waals surface area contributed by atoms with Gasteiger partial charge in [-0.05, 0) is 41.5 Å². The zero-order valence-corrected chi connectivity index (χ0v) is 12.3. The van der Waals surface area contributed by atoms with E-state index < -0.39 is 0 Å². The van der Waals surface area contributed by atoms with E-state index in [-0.39, 0.29) is 0 Å². The van der Waals surface area contributed by atoms with E-state index in [0.29, 0.717) is 12.0 Å². The Hall–Kier alpha value is -1.67. The van der Waals surface area contributed by atoms with Crippen LogP contribution < -0.4 is 5.32 Å². The first-order valence-corrected chi connectivity index (χ1v) is 7.50. The predicted molar refractivity (Wildman–Crippen MR) is 82.7 cm³/mol. The minimum atomic E-state index is 0.413. The molecule has 1 aromatic carbocycles. The van der Waals surface area contributed by atoms with Crippen molar-refractivity contribution >= 4 is 0 Å². The van der Waals surface area contributed by atoms with E-state index >= 15 is 0 Å². The van der Waals surface area contributed by atoms with Crippen molar-refractivity contribution in [2.24, 2.45) is 0 Å². The van der Waals surface area contributed by atoms with Crippen LogP contribution in [0.5, 0.6) is 0 Å². The van der Waals surface area contributed by atoms with E-state index in [4.69, 9.17) is 0 Å². The van der Waals surface area contributed by atoms with Crippen LogP contribution in [0.15, 0.2) is 42.6 Å². The first kappa shape index (κ1) is 13.3. The molecule has 0 aliphatic heterocycles. The van der Waals surface area contributed by atoms with Crippen molar-refractivity contribution in [3.05, 3.63) is 65.0 Å². The van der Waals surface area contributed by atoms with Crippen LogP contribution in [0.4, 0.5) is 0 Å². The number of rotatable bonds is 4. The van der Waals surface area contributed by atoms with Crippen molar-refractivity contribution in [2.45, 2.75) is 45.2 Å². The number of nitrogens with one attached hydrogen (secondary N) is 1. The monoisotopic (exact) mass is 266 g/mol. The fourth-order valence-electron chi connectivity index (χ4n) is 2.87. The van der Waals surface area contributed by atoms with Gasteiger partial charge in [0.05, 0.1) is 11.7 Å². The highest BCUT2D eigenvalue weighted by molar-refractivity contribution is 5.29. The lowest BCUT2D eigenvalue weighted by Crippen LogP contribution is -2.19. The van der Waals surface area contributed by atoms with E-state index in [1.54, 1.807) is 0 Å². The maximum absolute atomic E-state index is 4.53. The highest BCUT2D eigenvalue weighted by Crippen LogP contribution is 2.29. The van der Waals surface area contributed by atoms with Gasteiger partial charge in [0.1, 0.15) is 0 Å². The van der Waals surface area contributed by atoms with Crippen LogP contribution >= 0.6 is 0 Å². The normalized spacial score (nSPS) is 17.4. The van der Waals surface area contributed by atoms with Crippen molar-refractivity contribution < 1.29 is 0 Å². The molecule has 2 aromatic rings. The second kappa shape index (κ2) is 5.76. The average Bonchev–Trinajstić information content (AvgIpc) is 2.89. The van der Waals surface area contributed by atoms with Crippen molar-refractivity contribution in [2.75, 3.05) is 0 Å². The number of benzene rings is 1. The van der Waals surface area contributed by atoms with Crippen molar-refractivity contribution in [3.63, 3.8) is 0 Å². The number of hydrogen-bond donors (Lipinski definition) is 1. The van der Waals surface area contributed by atoms with Gasteiger partial charge in [0.15, 0.2) is 0 Å². The highest BCUT2D eigenvalue weighted by atomic mass is 14.9. The first-order valence-electron chi connectivity index (χ1n) is 7.50. The molecular formula is C18H22N2. The molecule has 1 atom stereocenters. The molecule has 1 aromatic heterocycles. The molecule has 0 saturated carbocycles. The number of pyridine rings is 1. The molecule has 0 spiro atoms. The van der Waals surface area contributed by atoms with E-state index in [1.807, 2.05) is 12.3 Å². The third kappa shape index (κ3) is 2.75. The Morgan fingerprint density at radius 1 is 1.20 bits per heavy atom. The molecular weight excluding hydrogens is 244 g/mol. The van der Waals surface area contributed by atoms with Crippen LogP contribution in [0.2, 0.25) is 0 Å². The maximum Gasteiger partial charge on any atom is 0.0605 e. The lowest BCUT2D eigenvalue weighted by Gasteiger charge is -2.13. The smallest absolute Gasteiger partial charge is 0.0605 e. The average molecular weight is 266 g/mol. The lowest BCUT2D eigenvalue weighted by molar-refractivity contribution is 0.521. The third-order valence-electron chi connectivity index (χ3n) is 4.16.